The van der Waals surface area contributed by atoms with Gasteiger partial charge in [-0.15, -0.1) is 0 Å². The van der Waals surface area contributed by atoms with Crippen molar-refractivity contribution in [2.45, 2.75) is 147 Å². The Morgan fingerprint density at radius 2 is 1.10 bits per heavy atom. The van der Waals surface area contributed by atoms with Crippen LogP contribution in [0.25, 0.3) is 0 Å². The van der Waals surface area contributed by atoms with Crippen LogP contribution in [0.4, 0.5) is 0 Å². The van der Waals surface area contributed by atoms with Crippen LogP contribution in [0.5, 0.6) is 0 Å². The summed E-state index contributed by atoms with van der Waals surface area (Å²) in [5, 5.41) is 29.0. The number of ether oxygens (including phenoxy) is 2. The highest BCUT2D eigenvalue weighted by Crippen LogP contribution is 2.19. The van der Waals surface area contributed by atoms with E-state index in [1.165, 1.54) is 103 Å². The molecule has 1 fully saturated rings. The Kier molecular flexibility index (Phi) is 19.0. The van der Waals surface area contributed by atoms with Crippen molar-refractivity contribution in [1.29, 1.82) is 0 Å². The number of hydrogen-bond donors (Lipinski definition) is 3. The molecule has 0 radical (unpaired) electrons. The maximum absolute atomic E-state index is 10.0. The first-order valence-corrected chi connectivity index (χ1v) is 13.4. The third-order valence-electron chi connectivity index (χ3n) is 6.57. The van der Waals surface area contributed by atoms with Crippen LogP contribution in [0.1, 0.15) is 122 Å². The van der Waals surface area contributed by atoms with Crippen LogP contribution >= 0.6 is 0 Å². The van der Waals surface area contributed by atoms with Gasteiger partial charge in [0.15, 0.2) is 0 Å². The summed E-state index contributed by atoms with van der Waals surface area (Å²) in [6.45, 7) is 2.66. The Labute approximate surface area is 191 Å². The zero-order valence-electron chi connectivity index (χ0n) is 20.3. The van der Waals surface area contributed by atoms with Crippen molar-refractivity contribution in [2.75, 3.05) is 19.8 Å². The number of rotatable bonds is 21. The first-order chi connectivity index (χ1) is 15.2. The van der Waals surface area contributed by atoms with Gasteiger partial charge in [-0.1, -0.05) is 116 Å². The van der Waals surface area contributed by atoms with Crippen LogP contribution in [-0.4, -0.2) is 59.6 Å². The van der Waals surface area contributed by atoms with Crippen molar-refractivity contribution < 1.29 is 24.8 Å². The van der Waals surface area contributed by atoms with Crippen molar-refractivity contribution in [2.24, 2.45) is 0 Å². The van der Waals surface area contributed by atoms with Gasteiger partial charge in [0.1, 0.15) is 24.4 Å². The van der Waals surface area contributed by atoms with Crippen molar-refractivity contribution in [1.82, 2.24) is 0 Å². The van der Waals surface area contributed by atoms with Gasteiger partial charge in [0.25, 0.3) is 0 Å². The van der Waals surface area contributed by atoms with E-state index in [-0.39, 0.29) is 13.2 Å². The summed E-state index contributed by atoms with van der Waals surface area (Å²) in [5.41, 5.74) is 0. The van der Waals surface area contributed by atoms with Crippen LogP contribution in [0, 0.1) is 0 Å². The van der Waals surface area contributed by atoms with Gasteiger partial charge in [-0.25, -0.2) is 0 Å². The molecule has 0 bridgehead atoms. The number of aliphatic hydroxyl groups excluding tert-OH is 3. The molecule has 0 aromatic rings. The van der Waals surface area contributed by atoms with Gasteiger partial charge in [-0.3, -0.25) is 0 Å². The summed E-state index contributed by atoms with van der Waals surface area (Å²) in [7, 11) is 0. The summed E-state index contributed by atoms with van der Waals surface area (Å²) in [5.74, 6) is 0. The maximum atomic E-state index is 10.0. The van der Waals surface area contributed by atoms with Crippen molar-refractivity contribution >= 4 is 0 Å². The Morgan fingerprint density at radius 1 is 0.677 bits per heavy atom. The van der Waals surface area contributed by atoms with E-state index in [9.17, 15) is 15.3 Å². The Balaban J connectivity index is 1.80. The summed E-state index contributed by atoms with van der Waals surface area (Å²) in [4.78, 5) is 0. The smallest absolute Gasteiger partial charge is 0.114 e. The molecule has 1 heterocycles. The molecule has 1 aliphatic rings. The van der Waals surface area contributed by atoms with E-state index < -0.39 is 24.4 Å². The topological polar surface area (TPSA) is 79.2 Å². The highest BCUT2D eigenvalue weighted by Gasteiger charge is 2.39. The van der Waals surface area contributed by atoms with Crippen molar-refractivity contribution in [3.8, 4) is 0 Å². The molecule has 5 nitrogen and oxygen atoms in total. The molecule has 0 aliphatic carbocycles. The minimum atomic E-state index is -0.985. The lowest BCUT2D eigenvalue weighted by atomic mass is 10.0. The first-order valence-electron chi connectivity index (χ1n) is 13.4. The molecule has 3 N–H and O–H groups in total. The highest BCUT2D eigenvalue weighted by molar-refractivity contribution is 4.87. The molecule has 31 heavy (non-hydrogen) atoms. The lowest BCUT2D eigenvalue weighted by Gasteiger charge is -2.37. The fraction of sp³-hybridized carbons (Fsp3) is 1.00. The van der Waals surface area contributed by atoms with Gasteiger partial charge in [-0.2, -0.15) is 0 Å². The van der Waals surface area contributed by atoms with Gasteiger partial charge in [0, 0.05) is 6.61 Å². The fourth-order valence-corrected chi connectivity index (χ4v) is 4.44. The molecule has 0 aromatic carbocycles. The normalized spacial score (nSPS) is 24.0. The van der Waals surface area contributed by atoms with Crippen LogP contribution in [0.15, 0.2) is 0 Å². The van der Waals surface area contributed by atoms with Gasteiger partial charge in [-0.05, 0) is 6.42 Å². The summed E-state index contributed by atoms with van der Waals surface area (Å²) in [6, 6.07) is 0. The zero-order valence-corrected chi connectivity index (χ0v) is 20.3. The molecule has 0 aromatic heterocycles. The van der Waals surface area contributed by atoms with E-state index in [0.29, 0.717) is 6.61 Å². The van der Waals surface area contributed by atoms with Crippen molar-refractivity contribution in [3.05, 3.63) is 0 Å². The van der Waals surface area contributed by atoms with E-state index in [1.807, 2.05) is 0 Å². The number of unbranched alkanes of at least 4 members (excludes halogenated alkanes) is 17. The fourth-order valence-electron chi connectivity index (χ4n) is 4.44. The quantitative estimate of drug-likeness (QED) is 0.203. The van der Waals surface area contributed by atoms with Crippen LogP contribution < -0.4 is 0 Å². The van der Waals surface area contributed by atoms with E-state index in [4.69, 9.17) is 9.47 Å². The second kappa shape index (κ2) is 20.4. The molecule has 0 saturated carbocycles. The standard InChI is InChI=1S/C26H52O5/c1-2-3-4-5-6-7-8-9-10-11-12-13-14-15-16-17-18-19-20-30-26-24(21-27)31-22-23(28)25(26)29/h23-29H,2-22H2,1H3/t23-,24+,25+,26+/m0/s1. The van der Waals surface area contributed by atoms with Crippen molar-refractivity contribution in [3.63, 3.8) is 0 Å². The number of aliphatic hydroxyl groups is 3. The molecule has 1 saturated heterocycles. The minimum absolute atomic E-state index is 0.0471. The average molecular weight is 445 g/mol. The molecule has 0 unspecified atom stereocenters. The molecule has 1 aliphatic heterocycles. The molecule has 0 spiro atoms. The van der Waals surface area contributed by atoms with Crippen LogP contribution in [0.3, 0.4) is 0 Å². The zero-order chi connectivity index (χ0) is 22.6. The second-order valence-corrected chi connectivity index (χ2v) is 9.46. The van der Waals surface area contributed by atoms with Gasteiger partial charge >= 0.3 is 0 Å². The average Bonchev–Trinajstić information content (AvgIpc) is 2.78. The SMILES string of the molecule is CCCCCCCCCCCCCCCCCCCCO[C@H]1[C@H](O)[C@@H](O)CO[C@@H]1CO. The first kappa shape index (κ1) is 28.8. The largest absolute Gasteiger partial charge is 0.394 e. The highest BCUT2D eigenvalue weighted by atomic mass is 16.6. The van der Waals surface area contributed by atoms with Crippen LogP contribution in [-0.2, 0) is 9.47 Å². The van der Waals surface area contributed by atoms with E-state index in [0.717, 1.165) is 12.8 Å². The van der Waals surface area contributed by atoms with Gasteiger partial charge < -0.3 is 24.8 Å². The Hall–Kier alpha value is -0.200. The third kappa shape index (κ3) is 14.5. The molecule has 4 atom stereocenters. The number of hydrogen-bond acceptors (Lipinski definition) is 5. The lowest BCUT2D eigenvalue weighted by Crippen LogP contribution is -2.55. The Bertz CT molecular complexity index is 377. The van der Waals surface area contributed by atoms with Crippen LogP contribution in [0.2, 0.25) is 0 Å². The summed E-state index contributed by atoms with van der Waals surface area (Å²) in [6.07, 6.45) is 21.1. The van der Waals surface area contributed by atoms with E-state index >= 15 is 0 Å². The molecular weight excluding hydrogens is 392 g/mol. The lowest BCUT2D eigenvalue weighted by molar-refractivity contribution is -0.211. The van der Waals surface area contributed by atoms with Gasteiger partial charge in [0.05, 0.1) is 13.2 Å². The third-order valence-corrected chi connectivity index (χ3v) is 6.57. The van der Waals surface area contributed by atoms with E-state index in [1.54, 1.807) is 0 Å². The Morgan fingerprint density at radius 3 is 1.52 bits per heavy atom. The maximum Gasteiger partial charge on any atom is 0.114 e. The molecule has 5 heteroatoms. The van der Waals surface area contributed by atoms with Gasteiger partial charge in [0.2, 0.25) is 0 Å². The minimum Gasteiger partial charge on any atom is -0.394 e. The molecule has 0 amide bonds. The predicted octanol–water partition coefficient (Wildman–Crippen LogP) is 5.53. The predicted molar refractivity (Wildman–Crippen MR) is 127 cm³/mol. The second-order valence-electron chi connectivity index (χ2n) is 9.46. The molecule has 186 valence electrons. The monoisotopic (exact) mass is 444 g/mol. The van der Waals surface area contributed by atoms with E-state index in [2.05, 4.69) is 6.92 Å². The molecular formula is C26H52O5. The molecule has 1 rings (SSSR count). The summed E-state index contributed by atoms with van der Waals surface area (Å²) < 4.78 is 11.0. The summed E-state index contributed by atoms with van der Waals surface area (Å²) >= 11 is 0.